The SMILES string of the molecule is CN1CCC[C@@H](Cc2ccnc(Cl)c2)CC1. The van der Waals surface area contributed by atoms with E-state index in [1.807, 2.05) is 6.07 Å². The molecule has 0 amide bonds. The number of rotatable bonds is 2. The molecule has 1 aliphatic heterocycles. The van der Waals surface area contributed by atoms with Gasteiger partial charge in [-0.15, -0.1) is 0 Å². The van der Waals surface area contributed by atoms with Gasteiger partial charge in [-0.2, -0.15) is 0 Å². The molecular formula is C13H19ClN2. The minimum atomic E-state index is 0.614. The van der Waals surface area contributed by atoms with Gasteiger partial charge in [-0.1, -0.05) is 11.6 Å². The highest BCUT2D eigenvalue weighted by Gasteiger charge is 2.15. The van der Waals surface area contributed by atoms with Gasteiger partial charge >= 0.3 is 0 Å². The van der Waals surface area contributed by atoms with E-state index >= 15 is 0 Å². The van der Waals surface area contributed by atoms with Gasteiger partial charge in [0, 0.05) is 6.20 Å². The van der Waals surface area contributed by atoms with E-state index < -0.39 is 0 Å². The average molecular weight is 239 g/mol. The first kappa shape index (κ1) is 11.9. The fourth-order valence-electron chi connectivity index (χ4n) is 2.42. The lowest BCUT2D eigenvalue weighted by atomic mass is 9.93. The Bertz CT molecular complexity index is 340. The maximum Gasteiger partial charge on any atom is 0.129 e. The lowest BCUT2D eigenvalue weighted by Crippen LogP contribution is -2.19. The van der Waals surface area contributed by atoms with Crippen molar-refractivity contribution >= 4 is 11.6 Å². The van der Waals surface area contributed by atoms with Crippen LogP contribution in [0.3, 0.4) is 0 Å². The first-order valence-electron chi connectivity index (χ1n) is 6.03. The number of hydrogen-bond acceptors (Lipinski definition) is 2. The summed E-state index contributed by atoms with van der Waals surface area (Å²) in [5, 5.41) is 0.614. The van der Waals surface area contributed by atoms with Crippen molar-refractivity contribution < 1.29 is 0 Å². The molecule has 1 aliphatic rings. The number of halogens is 1. The summed E-state index contributed by atoms with van der Waals surface area (Å²) in [5.41, 5.74) is 1.33. The normalized spacial score (nSPS) is 23.0. The predicted molar refractivity (Wildman–Crippen MR) is 67.8 cm³/mol. The molecule has 2 rings (SSSR count). The minimum absolute atomic E-state index is 0.614. The standard InChI is InChI=1S/C13H19ClN2/c1-16-7-2-3-11(5-8-16)9-12-4-6-15-13(14)10-12/h4,6,10-11H,2-3,5,7-9H2,1H3/t11-/m1/s1. The Hall–Kier alpha value is -0.600. The zero-order valence-corrected chi connectivity index (χ0v) is 10.6. The molecule has 2 nitrogen and oxygen atoms in total. The summed E-state index contributed by atoms with van der Waals surface area (Å²) in [4.78, 5) is 6.45. The van der Waals surface area contributed by atoms with Crippen LogP contribution < -0.4 is 0 Å². The largest absolute Gasteiger partial charge is 0.306 e. The Morgan fingerprint density at radius 3 is 3.12 bits per heavy atom. The third kappa shape index (κ3) is 3.46. The fraction of sp³-hybridized carbons (Fsp3) is 0.615. The highest BCUT2D eigenvalue weighted by molar-refractivity contribution is 6.29. The van der Waals surface area contributed by atoms with Gasteiger partial charge in [-0.25, -0.2) is 4.98 Å². The third-order valence-corrected chi connectivity index (χ3v) is 3.59. The summed E-state index contributed by atoms with van der Waals surface area (Å²) in [6, 6.07) is 4.08. The van der Waals surface area contributed by atoms with E-state index in [0.717, 1.165) is 12.3 Å². The second kappa shape index (κ2) is 5.65. The molecule has 16 heavy (non-hydrogen) atoms. The molecule has 3 heteroatoms. The Kier molecular flexibility index (Phi) is 4.19. The second-order valence-corrected chi connectivity index (χ2v) is 5.18. The summed E-state index contributed by atoms with van der Waals surface area (Å²) < 4.78 is 0. The van der Waals surface area contributed by atoms with Gasteiger partial charge in [-0.3, -0.25) is 0 Å². The van der Waals surface area contributed by atoms with Crippen LogP contribution in [-0.4, -0.2) is 30.0 Å². The van der Waals surface area contributed by atoms with E-state index in [1.165, 1.54) is 37.9 Å². The Labute approximate surface area is 103 Å². The quantitative estimate of drug-likeness (QED) is 0.737. The molecule has 0 aromatic carbocycles. The number of pyridine rings is 1. The molecule has 0 radical (unpaired) electrons. The molecule has 0 N–H and O–H groups in total. The van der Waals surface area contributed by atoms with E-state index in [0.29, 0.717) is 5.15 Å². The van der Waals surface area contributed by atoms with Gasteiger partial charge in [0.25, 0.3) is 0 Å². The Balaban J connectivity index is 1.93. The van der Waals surface area contributed by atoms with E-state index in [2.05, 4.69) is 23.0 Å². The molecule has 0 aliphatic carbocycles. The molecular weight excluding hydrogens is 220 g/mol. The first-order chi connectivity index (χ1) is 7.74. The molecule has 1 aromatic heterocycles. The van der Waals surface area contributed by atoms with Gasteiger partial charge in [0.05, 0.1) is 0 Å². The predicted octanol–water partition coefficient (Wildman–Crippen LogP) is 3.01. The molecule has 88 valence electrons. The van der Waals surface area contributed by atoms with Crippen molar-refractivity contribution in [2.24, 2.45) is 5.92 Å². The van der Waals surface area contributed by atoms with Crippen molar-refractivity contribution in [1.82, 2.24) is 9.88 Å². The molecule has 1 atom stereocenters. The van der Waals surface area contributed by atoms with Gasteiger partial charge in [0.2, 0.25) is 0 Å². The Morgan fingerprint density at radius 2 is 2.31 bits per heavy atom. The lowest BCUT2D eigenvalue weighted by molar-refractivity contribution is 0.341. The van der Waals surface area contributed by atoms with Gasteiger partial charge in [0.1, 0.15) is 5.15 Å². The molecule has 0 bridgehead atoms. The molecule has 1 saturated heterocycles. The summed E-state index contributed by atoms with van der Waals surface area (Å²) in [6.07, 6.45) is 6.91. The maximum absolute atomic E-state index is 5.90. The van der Waals surface area contributed by atoms with Crippen molar-refractivity contribution in [1.29, 1.82) is 0 Å². The van der Waals surface area contributed by atoms with Crippen molar-refractivity contribution in [3.05, 3.63) is 29.0 Å². The van der Waals surface area contributed by atoms with Crippen molar-refractivity contribution in [3.8, 4) is 0 Å². The third-order valence-electron chi connectivity index (χ3n) is 3.39. The number of nitrogens with zero attached hydrogens (tertiary/aromatic N) is 2. The first-order valence-corrected chi connectivity index (χ1v) is 6.41. The average Bonchev–Trinajstić information content (AvgIpc) is 2.44. The van der Waals surface area contributed by atoms with Gasteiger partial charge < -0.3 is 4.90 Å². The van der Waals surface area contributed by atoms with Crippen LogP contribution in [-0.2, 0) is 6.42 Å². The van der Waals surface area contributed by atoms with Gasteiger partial charge in [0.15, 0.2) is 0 Å². The summed E-state index contributed by atoms with van der Waals surface area (Å²) in [7, 11) is 2.21. The van der Waals surface area contributed by atoms with Crippen LogP contribution in [0.1, 0.15) is 24.8 Å². The van der Waals surface area contributed by atoms with Crippen LogP contribution in [0.5, 0.6) is 0 Å². The lowest BCUT2D eigenvalue weighted by Gasteiger charge is -2.14. The Morgan fingerprint density at radius 1 is 1.44 bits per heavy atom. The second-order valence-electron chi connectivity index (χ2n) is 4.79. The van der Waals surface area contributed by atoms with E-state index in [1.54, 1.807) is 6.20 Å². The highest BCUT2D eigenvalue weighted by Crippen LogP contribution is 2.21. The zero-order valence-electron chi connectivity index (χ0n) is 9.82. The summed E-state index contributed by atoms with van der Waals surface area (Å²) >= 11 is 5.90. The van der Waals surface area contributed by atoms with Crippen molar-refractivity contribution in [2.45, 2.75) is 25.7 Å². The van der Waals surface area contributed by atoms with Crippen LogP contribution in [0, 0.1) is 5.92 Å². The smallest absolute Gasteiger partial charge is 0.129 e. The van der Waals surface area contributed by atoms with E-state index in [9.17, 15) is 0 Å². The fourth-order valence-corrected chi connectivity index (χ4v) is 2.61. The van der Waals surface area contributed by atoms with Crippen LogP contribution >= 0.6 is 11.6 Å². The van der Waals surface area contributed by atoms with Gasteiger partial charge in [-0.05, 0) is 69.4 Å². The number of likely N-dealkylation sites (tertiary alicyclic amines) is 1. The zero-order chi connectivity index (χ0) is 11.4. The number of hydrogen-bond donors (Lipinski definition) is 0. The van der Waals surface area contributed by atoms with Crippen LogP contribution in [0.4, 0.5) is 0 Å². The van der Waals surface area contributed by atoms with E-state index in [-0.39, 0.29) is 0 Å². The summed E-state index contributed by atoms with van der Waals surface area (Å²) in [5.74, 6) is 0.809. The molecule has 2 heterocycles. The van der Waals surface area contributed by atoms with Crippen LogP contribution in [0.2, 0.25) is 5.15 Å². The monoisotopic (exact) mass is 238 g/mol. The molecule has 1 fully saturated rings. The molecule has 0 spiro atoms. The number of aromatic nitrogens is 1. The topological polar surface area (TPSA) is 16.1 Å². The molecule has 0 saturated carbocycles. The van der Waals surface area contributed by atoms with E-state index in [4.69, 9.17) is 11.6 Å². The molecule has 1 aromatic rings. The van der Waals surface area contributed by atoms with Crippen molar-refractivity contribution in [2.75, 3.05) is 20.1 Å². The summed E-state index contributed by atoms with van der Waals surface area (Å²) in [6.45, 7) is 2.47. The maximum atomic E-state index is 5.90. The highest BCUT2D eigenvalue weighted by atomic mass is 35.5. The minimum Gasteiger partial charge on any atom is -0.306 e. The molecule has 0 unspecified atom stereocenters. The van der Waals surface area contributed by atoms with Crippen LogP contribution in [0.25, 0.3) is 0 Å². The van der Waals surface area contributed by atoms with Crippen molar-refractivity contribution in [3.63, 3.8) is 0 Å². The van der Waals surface area contributed by atoms with Crippen LogP contribution in [0.15, 0.2) is 18.3 Å².